The minimum absolute atomic E-state index is 0.109. The number of rotatable bonds is 7. The standard InChI is InChI=1S/C22H20N2O2/c25-22(26)14-17-24-16-13-18(20-11-4-5-12-21(20)24)8-6-7-15-23-19-9-2-1-3-10-19/h1-13,15-16H,14,17H2,(H,25,26)/p+1. The van der Waals surface area contributed by atoms with E-state index in [0.29, 0.717) is 6.54 Å². The van der Waals surface area contributed by atoms with Gasteiger partial charge in [-0.15, -0.1) is 0 Å². The lowest BCUT2D eigenvalue weighted by Crippen LogP contribution is -2.35. The van der Waals surface area contributed by atoms with E-state index in [1.807, 2.05) is 89.8 Å². The number of carbonyl (C=O) groups is 1. The van der Waals surface area contributed by atoms with Crippen LogP contribution in [0.15, 0.2) is 85.2 Å². The second kappa shape index (κ2) is 8.62. The predicted molar refractivity (Wildman–Crippen MR) is 105 cm³/mol. The topological polar surface area (TPSA) is 53.2 Å². The van der Waals surface area contributed by atoms with E-state index < -0.39 is 5.97 Å². The summed E-state index contributed by atoms with van der Waals surface area (Å²) >= 11 is 0. The highest BCUT2D eigenvalue weighted by atomic mass is 16.4. The summed E-state index contributed by atoms with van der Waals surface area (Å²) in [6.07, 6.45) is 9.93. The summed E-state index contributed by atoms with van der Waals surface area (Å²) in [5.41, 5.74) is 3.17. The molecule has 130 valence electrons. The maximum atomic E-state index is 10.8. The number of carboxylic acid groups (broad SMARTS) is 1. The number of carboxylic acids is 1. The zero-order valence-corrected chi connectivity index (χ0v) is 14.4. The molecule has 0 amide bonds. The Hall–Kier alpha value is -3.40. The second-order valence-corrected chi connectivity index (χ2v) is 5.85. The molecule has 1 heterocycles. The van der Waals surface area contributed by atoms with Crippen LogP contribution in [0.4, 0.5) is 5.69 Å². The van der Waals surface area contributed by atoms with Gasteiger partial charge in [0.2, 0.25) is 5.52 Å². The number of hydrogen-bond acceptors (Lipinski definition) is 2. The molecular formula is C22H21N2O2+. The largest absolute Gasteiger partial charge is 0.481 e. The number of benzene rings is 2. The number of hydrogen-bond donors (Lipinski definition) is 2. The van der Waals surface area contributed by atoms with E-state index in [-0.39, 0.29) is 6.42 Å². The quantitative estimate of drug-likeness (QED) is 0.497. The van der Waals surface area contributed by atoms with Crippen LogP contribution in [0.25, 0.3) is 17.0 Å². The Morgan fingerprint density at radius 2 is 1.77 bits per heavy atom. The third-order valence-electron chi connectivity index (χ3n) is 4.03. The first-order valence-electron chi connectivity index (χ1n) is 8.52. The van der Waals surface area contributed by atoms with Crippen LogP contribution in [0.1, 0.15) is 12.0 Å². The van der Waals surface area contributed by atoms with Crippen LogP contribution in [-0.2, 0) is 11.3 Å². The number of anilines is 1. The van der Waals surface area contributed by atoms with Crippen molar-refractivity contribution >= 4 is 28.6 Å². The van der Waals surface area contributed by atoms with Crippen LogP contribution in [0.2, 0.25) is 0 Å². The number of aromatic nitrogens is 1. The molecule has 0 aliphatic rings. The number of para-hydroxylation sites is 2. The van der Waals surface area contributed by atoms with Crippen LogP contribution in [0.3, 0.4) is 0 Å². The van der Waals surface area contributed by atoms with Gasteiger partial charge in [0.25, 0.3) is 0 Å². The number of fused-ring (bicyclic) bond motifs is 1. The lowest BCUT2D eigenvalue weighted by Gasteiger charge is -2.03. The highest BCUT2D eigenvalue weighted by Crippen LogP contribution is 2.17. The lowest BCUT2D eigenvalue weighted by atomic mass is 10.1. The van der Waals surface area contributed by atoms with E-state index in [0.717, 1.165) is 22.2 Å². The molecule has 0 aliphatic heterocycles. The number of nitrogens with zero attached hydrogens (tertiary/aromatic N) is 1. The van der Waals surface area contributed by atoms with E-state index in [9.17, 15) is 4.79 Å². The van der Waals surface area contributed by atoms with Gasteiger partial charge in [0, 0.05) is 24.0 Å². The summed E-state index contributed by atoms with van der Waals surface area (Å²) in [5, 5.41) is 13.2. The first-order valence-corrected chi connectivity index (χ1v) is 8.52. The molecule has 2 N–H and O–H groups in total. The molecule has 0 bridgehead atoms. The van der Waals surface area contributed by atoms with Crippen molar-refractivity contribution < 1.29 is 14.5 Å². The van der Waals surface area contributed by atoms with Gasteiger partial charge in [-0.3, -0.25) is 4.79 Å². The monoisotopic (exact) mass is 345 g/mol. The second-order valence-electron chi connectivity index (χ2n) is 5.85. The van der Waals surface area contributed by atoms with Gasteiger partial charge >= 0.3 is 5.97 Å². The highest BCUT2D eigenvalue weighted by molar-refractivity contribution is 5.85. The third-order valence-corrected chi connectivity index (χ3v) is 4.03. The van der Waals surface area contributed by atoms with E-state index in [1.165, 1.54) is 0 Å². The van der Waals surface area contributed by atoms with Crippen molar-refractivity contribution in [3.05, 3.63) is 90.8 Å². The number of aliphatic carboxylic acids is 1. The van der Waals surface area contributed by atoms with E-state index in [4.69, 9.17) is 5.11 Å². The van der Waals surface area contributed by atoms with Gasteiger partial charge in [0.1, 0.15) is 6.42 Å². The first-order chi connectivity index (χ1) is 12.7. The zero-order chi connectivity index (χ0) is 18.2. The molecule has 3 rings (SSSR count). The fourth-order valence-electron chi connectivity index (χ4n) is 2.76. The van der Waals surface area contributed by atoms with Crippen molar-refractivity contribution in [2.75, 3.05) is 5.32 Å². The highest BCUT2D eigenvalue weighted by Gasteiger charge is 2.12. The fourth-order valence-corrected chi connectivity index (χ4v) is 2.76. The molecule has 0 saturated carbocycles. The van der Waals surface area contributed by atoms with Crippen molar-refractivity contribution in [3.8, 4) is 0 Å². The Morgan fingerprint density at radius 3 is 2.58 bits per heavy atom. The maximum Gasteiger partial charge on any atom is 0.309 e. The van der Waals surface area contributed by atoms with Crippen LogP contribution in [-0.4, -0.2) is 11.1 Å². The molecule has 0 aliphatic carbocycles. The Morgan fingerprint density at radius 1 is 1.00 bits per heavy atom. The summed E-state index contributed by atoms with van der Waals surface area (Å²) in [7, 11) is 0. The van der Waals surface area contributed by atoms with Crippen LogP contribution < -0.4 is 9.88 Å². The Bertz CT molecular complexity index is 947. The van der Waals surface area contributed by atoms with Gasteiger partial charge in [0.05, 0.1) is 5.39 Å². The Balaban J connectivity index is 1.75. The number of aryl methyl sites for hydroxylation is 1. The van der Waals surface area contributed by atoms with E-state index >= 15 is 0 Å². The molecule has 2 aromatic carbocycles. The molecule has 0 radical (unpaired) electrons. The average Bonchev–Trinajstić information content (AvgIpc) is 2.67. The Kier molecular flexibility index (Phi) is 5.78. The minimum atomic E-state index is -0.790. The Labute approximate surface area is 152 Å². The van der Waals surface area contributed by atoms with Gasteiger partial charge < -0.3 is 10.4 Å². The molecule has 0 fully saturated rings. The van der Waals surface area contributed by atoms with Gasteiger partial charge in [-0.2, -0.15) is 4.57 Å². The average molecular weight is 345 g/mol. The van der Waals surface area contributed by atoms with Crippen LogP contribution in [0.5, 0.6) is 0 Å². The lowest BCUT2D eigenvalue weighted by molar-refractivity contribution is -0.670. The van der Waals surface area contributed by atoms with Crippen molar-refractivity contribution in [2.45, 2.75) is 13.0 Å². The van der Waals surface area contributed by atoms with Gasteiger partial charge in [-0.25, -0.2) is 0 Å². The van der Waals surface area contributed by atoms with E-state index in [2.05, 4.69) is 11.4 Å². The van der Waals surface area contributed by atoms with Crippen molar-refractivity contribution in [1.82, 2.24) is 0 Å². The summed E-state index contributed by atoms with van der Waals surface area (Å²) in [4.78, 5) is 10.8. The van der Waals surface area contributed by atoms with E-state index in [1.54, 1.807) is 0 Å². The molecule has 4 heteroatoms. The summed E-state index contributed by atoms with van der Waals surface area (Å²) < 4.78 is 1.98. The van der Waals surface area contributed by atoms with Crippen molar-refractivity contribution in [3.63, 3.8) is 0 Å². The molecular weight excluding hydrogens is 324 g/mol. The van der Waals surface area contributed by atoms with Crippen molar-refractivity contribution in [1.29, 1.82) is 0 Å². The molecule has 4 nitrogen and oxygen atoms in total. The van der Waals surface area contributed by atoms with Crippen LogP contribution in [0, 0.1) is 0 Å². The van der Waals surface area contributed by atoms with Gasteiger partial charge in [-0.1, -0.05) is 42.5 Å². The predicted octanol–water partition coefficient (Wildman–Crippen LogP) is 4.24. The third kappa shape index (κ3) is 4.57. The maximum absolute atomic E-state index is 10.8. The summed E-state index contributed by atoms with van der Waals surface area (Å²) in [6.45, 7) is 0.459. The van der Waals surface area contributed by atoms with Crippen molar-refractivity contribution in [2.24, 2.45) is 0 Å². The molecule has 26 heavy (non-hydrogen) atoms. The normalized spacial score (nSPS) is 11.4. The molecule has 0 atom stereocenters. The minimum Gasteiger partial charge on any atom is -0.481 e. The first kappa shape index (κ1) is 17.4. The van der Waals surface area contributed by atoms with Gasteiger partial charge in [0.15, 0.2) is 12.7 Å². The summed E-state index contributed by atoms with van der Waals surface area (Å²) in [6, 6.07) is 20.0. The van der Waals surface area contributed by atoms with Crippen LogP contribution >= 0.6 is 0 Å². The fraction of sp³-hybridized carbons (Fsp3) is 0.0909. The summed E-state index contributed by atoms with van der Waals surface area (Å²) in [5.74, 6) is -0.790. The molecule has 3 aromatic rings. The number of allylic oxidation sites excluding steroid dienone is 2. The molecule has 0 spiro atoms. The number of pyridine rings is 1. The zero-order valence-electron chi connectivity index (χ0n) is 14.4. The molecule has 1 aromatic heterocycles. The SMILES string of the molecule is O=C(O)CC[n+]1ccc(C=CC=CNc2ccccc2)c2ccccc21. The molecule has 0 unspecified atom stereocenters. The smallest absolute Gasteiger partial charge is 0.309 e. The molecule has 0 saturated heterocycles. The van der Waals surface area contributed by atoms with Gasteiger partial charge in [-0.05, 0) is 29.8 Å². The number of nitrogens with one attached hydrogen (secondary N) is 1.